The van der Waals surface area contributed by atoms with Crippen molar-refractivity contribution in [3.05, 3.63) is 39.4 Å². The number of rotatable bonds is 2. The van der Waals surface area contributed by atoms with E-state index in [2.05, 4.69) is 20.9 Å². The van der Waals surface area contributed by atoms with Gasteiger partial charge in [-0.3, -0.25) is 14.2 Å². The number of carbonyl (C=O) groups is 1. The van der Waals surface area contributed by atoms with Gasteiger partial charge in [0.05, 0.1) is 17.2 Å². The molecule has 0 radical (unpaired) electrons. The van der Waals surface area contributed by atoms with Crippen LogP contribution >= 0.6 is 15.9 Å². The zero-order valence-electron chi connectivity index (χ0n) is 13.0. The van der Waals surface area contributed by atoms with E-state index in [-0.39, 0.29) is 18.0 Å². The Labute approximate surface area is 143 Å². The minimum Gasteiger partial charge on any atom is -0.341 e. The highest BCUT2D eigenvalue weighted by molar-refractivity contribution is 9.10. The molecule has 1 saturated heterocycles. The molecule has 2 aromatic rings. The Hall–Kier alpha value is -1.69. The number of hydrogen-bond donors (Lipinski definition) is 0. The van der Waals surface area contributed by atoms with E-state index in [0.29, 0.717) is 10.9 Å². The van der Waals surface area contributed by atoms with Crippen molar-refractivity contribution in [3.63, 3.8) is 0 Å². The van der Waals surface area contributed by atoms with Crippen LogP contribution in [0.5, 0.6) is 0 Å². The SMILES string of the molecule is O=C(Cn1cnc2ccc(Br)cc2c1=O)N1CCCCCCC1. The maximum absolute atomic E-state index is 12.6. The first-order valence-corrected chi connectivity index (χ1v) is 8.87. The van der Waals surface area contributed by atoms with Crippen LogP contribution in [0.1, 0.15) is 32.1 Å². The number of halogens is 1. The van der Waals surface area contributed by atoms with Crippen molar-refractivity contribution in [2.24, 2.45) is 0 Å². The zero-order chi connectivity index (χ0) is 16.2. The van der Waals surface area contributed by atoms with Gasteiger partial charge in [-0.05, 0) is 31.0 Å². The first-order chi connectivity index (χ1) is 11.1. The molecule has 1 aromatic carbocycles. The van der Waals surface area contributed by atoms with Crippen molar-refractivity contribution >= 4 is 32.7 Å². The third-order valence-corrected chi connectivity index (χ3v) is 4.79. The predicted octanol–water partition coefficient (Wildman–Crippen LogP) is 2.95. The fourth-order valence-electron chi connectivity index (χ4n) is 2.99. The average Bonchev–Trinajstić information content (AvgIpc) is 2.50. The van der Waals surface area contributed by atoms with Crippen molar-refractivity contribution in [1.82, 2.24) is 14.5 Å². The molecule has 0 bridgehead atoms. The lowest BCUT2D eigenvalue weighted by atomic mass is 10.1. The predicted molar refractivity (Wildman–Crippen MR) is 93.4 cm³/mol. The normalized spacial score (nSPS) is 16.1. The molecule has 0 aliphatic carbocycles. The number of hydrogen-bond acceptors (Lipinski definition) is 3. The Balaban J connectivity index is 1.81. The molecule has 6 heteroatoms. The van der Waals surface area contributed by atoms with Gasteiger partial charge in [0.15, 0.2) is 0 Å². The minimum absolute atomic E-state index is 0.00477. The van der Waals surface area contributed by atoms with Crippen LogP contribution < -0.4 is 5.56 Å². The van der Waals surface area contributed by atoms with Gasteiger partial charge in [-0.25, -0.2) is 4.98 Å². The summed E-state index contributed by atoms with van der Waals surface area (Å²) in [6.07, 6.45) is 7.17. The van der Waals surface area contributed by atoms with Crippen LogP contribution in [0.2, 0.25) is 0 Å². The molecule has 0 atom stereocenters. The van der Waals surface area contributed by atoms with Gasteiger partial charge in [0.25, 0.3) is 5.56 Å². The molecule has 2 heterocycles. The molecule has 0 spiro atoms. The van der Waals surface area contributed by atoms with Crippen LogP contribution in [0, 0.1) is 0 Å². The molecular weight excluding hydrogens is 358 g/mol. The molecule has 5 nitrogen and oxygen atoms in total. The van der Waals surface area contributed by atoms with Crippen LogP contribution in [-0.2, 0) is 11.3 Å². The van der Waals surface area contributed by atoms with Gasteiger partial charge in [-0.1, -0.05) is 35.2 Å². The summed E-state index contributed by atoms with van der Waals surface area (Å²) >= 11 is 3.37. The lowest BCUT2D eigenvalue weighted by molar-refractivity contribution is -0.132. The van der Waals surface area contributed by atoms with E-state index >= 15 is 0 Å². The Morgan fingerprint density at radius 1 is 1.13 bits per heavy atom. The van der Waals surface area contributed by atoms with Gasteiger partial charge >= 0.3 is 0 Å². The van der Waals surface area contributed by atoms with Crippen LogP contribution in [0.25, 0.3) is 10.9 Å². The summed E-state index contributed by atoms with van der Waals surface area (Å²) < 4.78 is 2.24. The monoisotopic (exact) mass is 377 g/mol. The van der Waals surface area contributed by atoms with Crippen LogP contribution in [0.15, 0.2) is 33.8 Å². The highest BCUT2D eigenvalue weighted by atomic mass is 79.9. The molecule has 3 rings (SSSR count). The van der Waals surface area contributed by atoms with E-state index in [4.69, 9.17) is 0 Å². The average molecular weight is 378 g/mol. The smallest absolute Gasteiger partial charge is 0.261 e. The first-order valence-electron chi connectivity index (χ1n) is 8.07. The largest absolute Gasteiger partial charge is 0.341 e. The summed E-state index contributed by atoms with van der Waals surface area (Å²) in [4.78, 5) is 31.2. The number of fused-ring (bicyclic) bond motifs is 1. The molecule has 0 N–H and O–H groups in total. The van der Waals surface area contributed by atoms with Crippen LogP contribution in [-0.4, -0.2) is 33.4 Å². The van der Waals surface area contributed by atoms with Crippen molar-refractivity contribution in [3.8, 4) is 0 Å². The zero-order valence-corrected chi connectivity index (χ0v) is 14.6. The van der Waals surface area contributed by atoms with Crippen molar-refractivity contribution in [2.75, 3.05) is 13.1 Å². The number of likely N-dealkylation sites (tertiary alicyclic amines) is 1. The van der Waals surface area contributed by atoms with E-state index in [9.17, 15) is 9.59 Å². The Bertz CT molecular complexity index is 764. The Morgan fingerprint density at radius 3 is 2.57 bits per heavy atom. The third-order valence-electron chi connectivity index (χ3n) is 4.30. The second kappa shape index (κ2) is 7.25. The lowest BCUT2D eigenvalue weighted by Crippen LogP contribution is -2.38. The second-order valence-corrected chi connectivity index (χ2v) is 6.90. The molecule has 1 aromatic heterocycles. The molecule has 0 unspecified atom stereocenters. The van der Waals surface area contributed by atoms with E-state index in [1.165, 1.54) is 30.2 Å². The van der Waals surface area contributed by atoms with Gasteiger partial charge in [-0.2, -0.15) is 0 Å². The summed E-state index contributed by atoms with van der Waals surface area (Å²) in [6.45, 7) is 1.65. The molecule has 1 amide bonds. The summed E-state index contributed by atoms with van der Waals surface area (Å²) in [5.41, 5.74) is 0.477. The number of carbonyl (C=O) groups excluding carboxylic acids is 1. The fourth-order valence-corrected chi connectivity index (χ4v) is 3.35. The maximum atomic E-state index is 12.6. The number of benzene rings is 1. The first kappa shape index (κ1) is 16.2. The van der Waals surface area contributed by atoms with E-state index in [0.717, 1.165) is 30.4 Å². The summed E-state index contributed by atoms with van der Waals surface area (Å²) in [5, 5.41) is 0.530. The summed E-state index contributed by atoms with van der Waals surface area (Å²) in [6, 6.07) is 5.40. The lowest BCUT2D eigenvalue weighted by Gasteiger charge is -2.25. The van der Waals surface area contributed by atoms with Crippen molar-refractivity contribution in [1.29, 1.82) is 0 Å². The van der Waals surface area contributed by atoms with Gasteiger partial charge in [0.2, 0.25) is 5.91 Å². The van der Waals surface area contributed by atoms with Gasteiger partial charge in [0, 0.05) is 17.6 Å². The third kappa shape index (κ3) is 3.80. The standard InChI is InChI=1S/C17H20BrN3O2/c18-13-6-7-15-14(10-13)17(23)21(12-19-15)11-16(22)20-8-4-2-1-3-5-9-20/h6-7,10,12H,1-5,8-9,11H2. The van der Waals surface area contributed by atoms with Crippen molar-refractivity contribution in [2.45, 2.75) is 38.6 Å². The fraction of sp³-hybridized carbons (Fsp3) is 0.471. The number of amides is 1. The van der Waals surface area contributed by atoms with Crippen LogP contribution in [0.3, 0.4) is 0 Å². The highest BCUT2D eigenvalue weighted by Crippen LogP contribution is 2.15. The highest BCUT2D eigenvalue weighted by Gasteiger charge is 2.16. The maximum Gasteiger partial charge on any atom is 0.261 e. The Morgan fingerprint density at radius 2 is 1.83 bits per heavy atom. The van der Waals surface area contributed by atoms with Gasteiger partial charge in [-0.15, -0.1) is 0 Å². The van der Waals surface area contributed by atoms with Gasteiger partial charge in [0.1, 0.15) is 6.54 Å². The molecule has 0 saturated carbocycles. The molecule has 1 aliphatic rings. The quantitative estimate of drug-likeness (QED) is 0.808. The topological polar surface area (TPSA) is 55.2 Å². The van der Waals surface area contributed by atoms with E-state index < -0.39 is 0 Å². The molecular formula is C17H20BrN3O2. The number of aromatic nitrogens is 2. The van der Waals surface area contributed by atoms with Crippen molar-refractivity contribution < 1.29 is 4.79 Å². The molecule has 1 fully saturated rings. The Kier molecular flexibility index (Phi) is 5.10. The summed E-state index contributed by atoms with van der Waals surface area (Å²) in [7, 11) is 0. The van der Waals surface area contributed by atoms with E-state index in [1.807, 2.05) is 11.0 Å². The molecule has 23 heavy (non-hydrogen) atoms. The van der Waals surface area contributed by atoms with Gasteiger partial charge < -0.3 is 4.90 Å². The molecule has 1 aliphatic heterocycles. The van der Waals surface area contributed by atoms with E-state index in [1.54, 1.807) is 12.1 Å². The van der Waals surface area contributed by atoms with Crippen LogP contribution in [0.4, 0.5) is 0 Å². The number of nitrogens with zero attached hydrogens (tertiary/aromatic N) is 3. The molecule has 122 valence electrons. The summed E-state index contributed by atoms with van der Waals surface area (Å²) in [5.74, 6) is 0.00477. The minimum atomic E-state index is -0.170. The second-order valence-electron chi connectivity index (χ2n) is 5.99.